The van der Waals surface area contributed by atoms with Crippen LogP contribution < -0.4 is 10.1 Å². The fourth-order valence-corrected chi connectivity index (χ4v) is 4.54. The van der Waals surface area contributed by atoms with Crippen molar-refractivity contribution in [1.82, 2.24) is 4.31 Å². The molecule has 0 spiro atoms. The number of ether oxygens (including phenoxy) is 1. The summed E-state index contributed by atoms with van der Waals surface area (Å²) in [5.74, 6) is -0.967. The molecule has 0 radical (unpaired) electrons. The molecule has 0 bridgehead atoms. The van der Waals surface area contributed by atoms with Crippen LogP contribution in [-0.2, 0) is 14.8 Å². The number of carbonyl (C=O) groups excluding carboxylic acids is 1. The van der Waals surface area contributed by atoms with Gasteiger partial charge >= 0.3 is 0 Å². The van der Waals surface area contributed by atoms with Gasteiger partial charge in [-0.3, -0.25) is 4.79 Å². The van der Waals surface area contributed by atoms with E-state index in [1.807, 2.05) is 0 Å². The van der Waals surface area contributed by atoms with E-state index in [9.17, 15) is 17.6 Å². The zero-order chi connectivity index (χ0) is 20.0. The van der Waals surface area contributed by atoms with Crippen LogP contribution in [0.4, 0.5) is 10.1 Å². The van der Waals surface area contributed by atoms with Crippen molar-refractivity contribution >= 4 is 37.5 Å². The van der Waals surface area contributed by atoms with Gasteiger partial charge in [0, 0.05) is 11.0 Å². The molecule has 146 valence electrons. The highest BCUT2D eigenvalue weighted by Gasteiger charge is 2.29. The minimum atomic E-state index is -4.18. The second-order valence-electron chi connectivity index (χ2n) is 5.66. The Balaban J connectivity index is 2.26. The van der Waals surface area contributed by atoms with Gasteiger partial charge in [0.15, 0.2) is 0 Å². The maximum atomic E-state index is 14.1. The van der Waals surface area contributed by atoms with E-state index in [1.54, 1.807) is 31.2 Å². The van der Waals surface area contributed by atoms with E-state index in [-0.39, 0.29) is 6.54 Å². The molecule has 6 nitrogen and oxygen atoms in total. The number of methoxy groups -OCH3 is 1. The minimum Gasteiger partial charge on any atom is -0.495 e. The fourth-order valence-electron chi connectivity index (χ4n) is 2.45. The average molecular weight is 459 g/mol. The highest BCUT2D eigenvalue weighted by atomic mass is 79.9. The number of nitrogens with zero attached hydrogens (tertiary/aromatic N) is 1. The molecule has 0 aliphatic heterocycles. The molecule has 0 unspecified atom stereocenters. The van der Waals surface area contributed by atoms with Crippen LogP contribution in [-0.4, -0.2) is 38.8 Å². The standard InChI is InChI=1S/C18H20BrFN2O4S/c1-3-10-22(27(24,25)17-11-13(19)8-9-14(17)20)12-18(23)21-15-6-4-5-7-16(15)26-2/h4-9,11H,3,10,12H2,1-2H3,(H,21,23). The van der Waals surface area contributed by atoms with Gasteiger partial charge in [-0.05, 0) is 36.8 Å². The molecule has 0 fully saturated rings. The van der Waals surface area contributed by atoms with Crippen molar-refractivity contribution in [2.24, 2.45) is 0 Å². The summed E-state index contributed by atoms with van der Waals surface area (Å²) in [6.07, 6.45) is 0.469. The van der Waals surface area contributed by atoms with E-state index in [4.69, 9.17) is 4.74 Å². The summed E-state index contributed by atoms with van der Waals surface area (Å²) < 4.78 is 46.4. The van der Waals surface area contributed by atoms with Gasteiger partial charge in [-0.25, -0.2) is 12.8 Å². The number of carbonyl (C=O) groups is 1. The minimum absolute atomic E-state index is 0.0770. The Kier molecular flexibility index (Phi) is 7.34. The molecule has 9 heteroatoms. The molecule has 1 N–H and O–H groups in total. The molecular weight excluding hydrogens is 439 g/mol. The van der Waals surface area contributed by atoms with Gasteiger partial charge in [0.25, 0.3) is 0 Å². The third-order valence-electron chi connectivity index (χ3n) is 3.69. The van der Waals surface area contributed by atoms with Crippen LogP contribution in [0.3, 0.4) is 0 Å². The SMILES string of the molecule is CCCN(CC(=O)Nc1ccccc1OC)S(=O)(=O)c1cc(Br)ccc1F. The van der Waals surface area contributed by atoms with E-state index in [0.717, 1.165) is 10.4 Å². The third kappa shape index (κ3) is 5.27. The lowest BCUT2D eigenvalue weighted by atomic mass is 10.3. The molecule has 1 amide bonds. The second-order valence-corrected chi connectivity index (χ2v) is 8.48. The van der Waals surface area contributed by atoms with Crippen LogP contribution in [0.1, 0.15) is 13.3 Å². The summed E-state index contributed by atoms with van der Waals surface area (Å²) in [6.45, 7) is 1.41. The van der Waals surface area contributed by atoms with E-state index in [1.165, 1.54) is 19.2 Å². The molecular formula is C18H20BrFN2O4S. The second kappa shape index (κ2) is 9.29. The van der Waals surface area contributed by atoms with Crippen molar-refractivity contribution < 1.29 is 22.3 Å². The number of amides is 1. The average Bonchev–Trinajstić information content (AvgIpc) is 2.63. The van der Waals surface area contributed by atoms with Crippen LogP contribution in [0, 0.1) is 5.82 Å². The number of benzene rings is 2. The Labute approximate surface area is 166 Å². The summed E-state index contributed by atoms with van der Waals surface area (Å²) in [5, 5.41) is 2.63. The molecule has 0 aliphatic carbocycles. The van der Waals surface area contributed by atoms with Crippen LogP contribution >= 0.6 is 15.9 Å². The number of para-hydroxylation sites is 2. The summed E-state index contributed by atoms with van der Waals surface area (Å²) in [4.78, 5) is 11.9. The van der Waals surface area contributed by atoms with Crippen LogP contribution in [0.5, 0.6) is 5.75 Å². The van der Waals surface area contributed by atoms with Gasteiger partial charge in [-0.2, -0.15) is 4.31 Å². The summed E-state index contributed by atoms with van der Waals surface area (Å²) in [6, 6.07) is 10.4. The molecule has 0 aromatic heterocycles. The number of sulfonamides is 1. The molecule has 0 saturated carbocycles. The lowest BCUT2D eigenvalue weighted by Gasteiger charge is -2.22. The molecule has 0 atom stereocenters. The molecule has 0 saturated heterocycles. The first kappa shape index (κ1) is 21.3. The monoisotopic (exact) mass is 458 g/mol. The smallest absolute Gasteiger partial charge is 0.246 e. The quantitative estimate of drug-likeness (QED) is 0.654. The number of rotatable bonds is 8. The predicted molar refractivity (Wildman–Crippen MR) is 105 cm³/mol. The van der Waals surface area contributed by atoms with Gasteiger partial charge in [-0.1, -0.05) is 35.0 Å². The normalized spacial score (nSPS) is 11.4. The highest BCUT2D eigenvalue weighted by molar-refractivity contribution is 9.10. The van der Waals surface area contributed by atoms with E-state index in [2.05, 4.69) is 21.2 Å². The van der Waals surface area contributed by atoms with Gasteiger partial charge in [0.1, 0.15) is 16.5 Å². The first-order chi connectivity index (χ1) is 12.8. The summed E-state index contributed by atoms with van der Waals surface area (Å²) in [5.41, 5.74) is 0.424. The van der Waals surface area contributed by atoms with E-state index >= 15 is 0 Å². The van der Waals surface area contributed by atoms with E-state index < -0.39 is 33.2 Å². The lowest BCUT2D eigenvalue weighted by Crippen LogP contribution is -2.38. The summed E-state index contributed by atoms with van der Waals surface area (Å²) >= 11 is 3.15. The lowest BCUT2D eigenvalue weighted by molar-refractivity contribution is -0.116. The molecule has 2 aromatic rings. The number of hydrogen-bond donors (Lipinski definition) is 1. The number of halogens is 2. The number of hydrogen-bond acceptors (Lipinski definition) is 4. The Hall–Kier alpha value is -1.97. The number of nitrogens with one attached hydrogen (secondary N) is 1. The Morgan fingerprint density at radius 1 is 1.26 bits per heavy atom. The molecule has 0 heterocycles. The molecule has 2 rings (SSSR count). The van der Waals surface area contributed by atoms with Gasteiger partial charge in [0.2, 0.25) is 15.9 Å². The topological polar surface area (TPSA) is 75.7 Å². The van der Waals surface area contributed by atoms with Crippen molar-refractivity contribution in [3.63, 3.8) is 0 Å². The highest BCUT2D eigenvalue weighted by Crippen LogP contribution is 2.25. The predicted octanol–water partition coefficient (Wildman–Crippen LogP) is 3.64. The Bertz CT molecular complexity index is 921. The maximum absolute atomic E-state index is 14.1. The van der Waals surface area contributed by atoms with Gasteiger partial charge in [-0.15, -0.1) is 0 Å². The van der Waals surface area contributed by atoms with Gasteiger partial charge < -0.3 is 10.1 Å². The largest absolute Gasteiger partial charge is 0.495 e. The Morgan fingerprint density at radius 2 is 1.96 bits per heavy atom. The van der Waals surface area contributed by atoms with Crippen molar-refractivity contribution in [1.29, 1.82) is 0 Å². The van der Waals surface area contributed by atoms with E-state index in [0.29, 0.717) is 22.3 Å². The van der Waals surface area contributed by atoms with Crippen molar-refractivity contribution in [2.75, 3.05) is 25.5 Å². The molecule has 27 heavy (non-hydrogen) atoms. The van der Waals surface area contributed by atoms with Crippen LogP contribution in [0.2, 0.25) is 0 Å². The molecule has 2 aromatic carbocycles. The van der Waals surface area contributed by atoms with Crippen LogP contribution in [0.25, 0.3) is 0 Å². The fraction of sp³-hybridized carbons (Fsp3) is 0.278. The summed E-state index contributed by atoms with van der Waals surface area (Å²) in [7, 11) is -2.72. The van der Waals surface area contributed by atoms with Crippen LogP contribution in [0.15, 0.2) is 51.8 Å². The number of anilines is 1. The van der Waals surface area contributed by atoms with Gasteiger partial charge in [0.05, 0.1) is 19.3 Å². The van der Waals surface area contributed by atoms with Crippen molar-refractivity contribution in [3.8, 4) is 5.75 Å². The zero-order valence-electron chi connectivity index (χ0n) is 14.9. The van der Waals surface area contributed by atoms with Crippen molar-refractivity contribution in [3.05, 3.63) is 52.8 Å². The maximum Gasteiger partial charge on any atom is 0.246 e. The third-order valence-corrected chi connectivity index (χ3v) is 6.04. The Morgan fingerprint density at radius 3 is 2.63 bits per heavy atom. The first-order valence-electron chi connectivity index (χ1n) is 8.17. The van der Waals surface area contributed by atoms with Crippen molar-refractivity contribution in [2.45, 2.75) is 18.2 Å². The zero-order valence-corrected chi connectivity index (χ0v) is 17.3. The molecule has 0 aliphatic rings. The first-order valence-corrected chi connectivity index (χ1v) is 10.4.